The van der Waals surface area contributed by atoms with E-state index in [-0.39, 0.29) is 13.2 Å². The molecule has 0 aromatic heterocycles. The highest BCUT2D eigenvalue weighted by Gasteiger charge is 2.19. The van der Waals surface area contributed by atoms with Crippen LogP contribution in [0.2, 0.25) is 0 Å². The van der Waals surface area contributed by atoms with E-state index >= 15 is 0 Å². The predicted molar refractivity (Wildman–Crippen MR) is 98.9 cm³/mol. The lowest BCUT2D eigenvalue weighted by atomic mass is 10.3. The van der Waals surface area contributed by atoms with Crippen molar-refractivity contribution in [1.82, 2.24) is 4.90 Å². The zero-order valence-electron chi connectivity index (χ0n) is 16.1. The van der Waals surface area contributed by atoms with Crippen LogP contribution in [0, 0.1) is 0 Å². The molecule has 0 aliphatic carbocycles. The van der Waals surface area contributed by atoms with Gasteiger partial charge in [-0.1, -0.05) is 47.5 Å². The van der Waals surface area contributed by atoms with E-state index in [1.807, 2.05) is 13.8 Å². The van der Waals surface area contributed by atoms with Crippen molar-refractivity contribution in [2.45, 2.75) is 79.6 Å². The fraction of sp³-hybridized carbons (Fsp3) is 1.00. The first-order valence-corrected chi connectivity index (χ1v) is 10.8. The SMILES string of the molecule is CCCCOP(=O)(O)OCCCC.CCCN(CCC)CCC. The standard InChI is InChI=1S/C9H21N.C8H19O4P/c1-4-7-10(8-5-2)9-6-3;1-3-5-7-11-13(9,10)12-8-6-4-2/h4-9H2,1-3H3;3-8H2,1-2H3,(H,9,10). The molecule has 0 aromatic carbocycles. The molecule has 23 heavy (non-hydrogen) atoms. The van der Waals surface area contributed by atoms with Crippen LogP contribution in [0.5, 0.6) is 0 Å². The normalized spacial score (nSPS) is 11.4. The Morgan fingerprint density at radius 1 is 0.739 bits per heavy atom. The van der Waals surface area contributed by atoms with Gasteiger partial charge in [0.15, 0.2) is 0 Å². The van der Waals surface area contributed by atoms with Crippen LogP contribution in [0.15, 0.2) is 0 Å². The number of nitrogens with zero attached hydrogens (tertiary/aromatic N) is 1. The van der Waals surface area contributed by atoms with E-state index in [0.717, 1.165) is 25.7 Å². The summed E-state index contributed by atoms with van der Waals surface area (Å²) in [5, 5.41) is 0. The number of rotatable bonds is 14. The van der Waals surface area contributed by atoms with Crippen molar-refractivity contribution in [2.24, 2.45) is 0 Å². The number of hydrogen-bond acceptors (Lipinski definition) is 4. The molecule has 0 aliphatic heterocycles. The Labute approximate surface area is 144 Å². The number of phosphoric acid groups is 1. The van der Waals surface area contributed by atoms with Crippen LogP contribution >= 0.6 is 7.82 Å². The smallest absolute Gasteiger partial charge is 0.303 e. The lowest BCUT2D eigenvalue weighted by molar-refractivity contribution is 0.146. The van der Waals surface area contributed by atoms with Gasteiger partial charge in [-0.25, -0.2) is 4.57 Å². The third kappa shape index (κ3) is 20.0. The molecule has 142 valence electrons. The van der Waals surface area contributed by atoms with Crippen molar-refractivity contribution in [1.29, 1.82) is 0 Å². The highest BCUT2D eigenvalue weighted by molar-refractivity contribution is 7.47. The Kier molecular flexibility index (Phi) is 20.3. The van der Waals surface area contributed by atoms with Crippen LogP contribution < -0.4 is 0 Å². The molecule has 0 rings (SSSR count). The second kappa shape index (κ2) is 18.4. The second-order valence-corrected chi connectivity index (χ2v) is 7.14. The summed E-state index contributed by atoms with van der Waals surface area (Å²) in [6.07, 6.45) is 7.31. The monoisotopic (exact) mass is 353 g/mol. The maximum Gasteiger partial charge on any atom is 0.472 e. The van der Waals surface area contributed by atoms with Gasteiger partial charge in [-0.05, 0) is 51.7 Å². The van der Waals surface area contributed by atoms with Gasteiger partial charge in [0.2, 0.25) is 0 Å². The summed E-state index contributed by atoms with van der Waals surface area (Å²) < 4.78 is 20.5. The molecule has 5 nitrogen and oxygen atoms in total. The molecule has 0 bridgehead atoms. The summed E-state index contributed by atoms with van der Waals surface area (Å²) in [7, 11) is -3.75. The molecular formula is C17H40NO4P. The van der Waals surface area contributed by atoms with E-state index in [0.29, 0.717) is 0 Å². The fourth-order valence-corrected chi connectivity index (χ4v) is 2.76. The van der Waals surface area contributed by atoms with Crippen LogP contribution in [0.3, 0.4) is 0 Å². The van der Waals surface area contributed by atoms with Crippen LogP contribution in [-0.2, 0) is 13.6 Å². The number of unbranched alkanes of at least 4 members (excludes halogenated alkanes) is 2. The third-order valence-electron chi connectivity index (χ3n) is 3.12. The molecule has 0 unspecified atom stereocenters. The highest BCUT2D eigenvalue weighted by Crippen LogP contribution is 2.43. The van der Waals surface area contributed by atoms with Gasteiger partial charge in [0.1, 0.15) is 0 Å². The summed E-state index contributed by atoms with van der Waals surface area (Å²) >= 11 is 0. The van der Waals surface area contributed by atoms with E-state index in [1.54, 1.807) is 0 Å². The first kappa shape index (κ1) is 25.3. The van der Waals surface area contributed by atoms with Gasteiger partial charge in [0.25, 0.3) is 0 Å². The molecule has 0 amide bonds. The molecule has 0 saturated heterocycles. The number of phosphoric ester groups is 1. The molecule has 0 spiro atoms. The minimum Gasteiger partial charge on any atom is -0.303 e. The zero-order valence-corrected chi connectivity index (χ0v) is 16.9. The van der Waals surface area contributed by atoms with E-state index in [9.17, 15) is 4.57 Å². The average Bonchev–Trinajstić information content (AvgIpc) is 2.49. The van der Waals surface area contributed by atoms with Crippen molar-refractivity contribution in [2.75, 3.05) is 32.8 Å². The summed E-state index contributed by atoms with van der Waals surface area (Å²) in [5.74, 6) is 0. The van der Waals surface area contributed by atoms with Gasteiger partial charge in [-0.15, -0.1) is 0 Å². The van der Waals surface area contributed by atoms with Crippen molar-refractivity contribution in [3.8, 4) is 0 Å². The second-order valence-electron chi connectivity index (χ2n) is 5.68. The van der Waals surface area contributed by atoms with Gasteiger partial charge in [-0.2, -0.15) is 0 Å². The summed E-state index contributed by atoms with van der Waals surface area (Å²) in [5.41, 5.74) is 0. The topological polar surface area (TPSA) is 59.0 Å². The molecule has 1 N–H and O–H groups in total. The Morgan fingerprint density at radius 3 is 1.35 bits per heavy atom. The van der Waals surface area contributed by atoms with Gasteiger partial charge in [0.05, 0.1) is 13.2 Å². The minimum absolute atomic E-state index is 0.288. The van der Waals surface area contributed by atoms with Crippen molar-refractivity contribution < 1.29 is 18.5 Å². The van der Waals surface area contributed by atoms with Crippen LogP contribution in [0.25, 0.3) is 0 Å². The molecule has 0 saturated carbocycles. The zero-order chi connectivity index (χ0) is 18.0. The fourth-order valence-electron chi connectivity index (χ4n) is 1.97. The largest absolute Gasteiger partial charge is 0.472 e. The van der Waals surface area contributed by atoms with Crippen LogP contribution in [0.1, 0.15) is 79.6 Å². The lowest BCUT2D eigenvalue weighted by Crippen LogP contribution is -2.25. The van der Waals surface area contributed by atoms with Gasteiger partial charge < -0.3 is 9.79 Å². The molecule has 0 atom stereocenters. The summed E-state index contributed by atoms with van der Waals surface area (Å²) in [6, 6.07) is 0. The van der Waals surface area contributed by atoms with Crippen molar-refractivity contribution in [3.63, 3.8) is 0 Å². The first-order valence-electron chi connectivity index (χ1n) is 9.31. The van der Waals surface area contributed by atoms with Crippen molar-refractivity contribution >= 4 is 7.82 Å². The molecule has 0 heterocycles. The maximum atomic E-state index is 11.1. The maximum absolute atomic E-state index is 11.1. The Balaban J connectivity index is 0. The highest BCUT2D eigenvalue weighted by atomic mass is 31.2. The minimum atomic E-state index is -3.75. The number of hydrogen-bond donors (Lipinski definition) is 1. The van der Waals surface area contributed by atoms with E-state index < -0.39 is 7.82 Å². The quantitative estimate of drug-likeness (QED) is 0.342. The van der Waals surface area contributed by atoms with Gasteiger partial charge in [-0.3, -0.25) is 9.05 Å². The molecule has 0 fully saturated rings. The third-order valence-corrected chi connectivity index (χ3v) is 4.14. The average molecular weight is 353 g/mol. The Bertz CT molecular complexity index is 249. The summed E-state index contributed by atoms with van der Waals surface area (Å²) in [4.78, 5) is 11.6. The Hall–Kier alpha value is 0.0700. The first-order chi connectivity index (χ1) is 11.0. The molecule has 6 heteroatoms. The van der Waals surface area contributed by atoms with Crippen LogP contribution in [0.4, 0.5) is 0 Å². The van der Waals surface area contributed by atoms with Crippen molar-refractivity contribution in [3.05, 3.63) is 0 Å². The van der Waals surface area contributed by atoms with Gasteiger partial charge in [0, 0.05) is 0 Å². The molecule has 0 radical (unpaired) electrons. The van der Waals surface area contributed by atoms with E-state index in [4.69, 9.17) is 13.9 Å². The predicted octanol–water partition coefficient (Wildman–Crippen LogP) is 5.24. The van der Waals surface area contributed by atoms with E-state index in [1.165, 1.54) is 38.9 Å². The molecular weight excluding hydrogens is 313 g/mol. The molecule has 0 aliphatic rings. The van der Waals surface area contributed by atoms with E-state index in [2.05, 4.69) is 25.7 Å². The lowest BCUT2D eigenvalue weighted by Gasteiger charge is -2.19. The summed E-state index contributed by atoms with van der Waals surface area (Å²) in [6.45, 7) is 15.1. The molecule has 0 aromatic rings. The van der Waals surface area contributed by atoms with Crippen LogP contribution in [-0.4, -0.2) is 42.6 Å². The van der Waals surface area contributed by atoms with Gasteiger partial charge >= 0.3 is 7.82 Å². The Morgan fingerprint density at radius 2 is 1.09 bits per heavy atom.